The Morgan fingerprint density at radius 3 is 2.70 bits per heavy atom. The fraction of sp³-hybridized carbons (Fsp3) is 0.688. The first-order chi connectivity index (χ1) is 11.2. The summed E-state index contributed by atoms with van der Waals surface area (Å²) >= 11 is 0. The summed E-state index contributed by atoms with van der Waals surface area (Å²) in [5.41, 5.74) is 1.26. The van der Waals surface area contributed by atoms with E-state index in [-0.39, 0.29) is 0 Å². The van der Waals surface area contributed by atoms with Crippen molar-refractivity contribution in [3.63, 3.8) is 0 Å². The van der Waals surface area contributed by atoms with Crippen LogP contribution in [0.25, 0.3) is 0 Å². The van der Waals surface area contributed by atoms with Crippen molar-refractivity contribution in [1.29, 1.82) is 0 Å². The maximum absolute atomic E-state index is 12.3. The van der Waals surface area contributed by atoms with Crippen molar-refractivity contribution in [3.05, 3.63) is 30.1 Å². The molecule has 7 heteroatoms. The molecule has 0 aromatic carbocycles. The minimum atomic E-state index is -3.40. The van der Waals surface area contributed by atoms with Gasteiger partial charge in [0.25, 0.3) is 0 Å². The molecular formula is C16H28N2O4P+. The van der Waals surface area contributed by atoms with Gasteiger partial charge in [-0.2, -0.15) is 0 Å². The van der Waals surface area contributed by atoms with Crippen LogP contribution in [0.2, 0.25) is 0 Å². The first-order valence-corrected chi connectivity index (χ1v) is 9.92. The molecule has 1 aliphatic heterocycles. The molecule has 0 aliphatic carbocycles. The Hall–Kier alpha value is -0.780. The second kappa shape index (κ2) is 9.50. The van der Waals surface area contributed by atoms with Crippen LogP contribution in [0, 0.1) is 0 Å². The third-order valence-electron chi connectivity index (χ3n) is 4.07. The maximum Gasteiger partial charge on any atom is 0.474 e. The van der Waals surface area contributed by atoms with Gasteiger partial charge in [-0.15, -0.1) is 0 Å². The lowest BCUT2D eigenvalue weighted by molar-refractivity contribution is -0.937. The highest BCUT2D eigenvalue weighted by molar-refractivity contribution is 7.48. The van der Waals surface area contributed by atoms with Crippen molar-refractivity contribution in [2.75, 3.05) is 32.9 Å². The molecule has 0 radical (unpaired) electrons. The molecular weight excluding hydrogens is 315 g/mol. The lowest BCUT2D eigenvalue weighted by Gasteiger charge is -2.32. The number of aromatic nitrogens is 1. The number of rotatable bonds is 9. The molecule has 0 amide bonds. The molecule has 6 nitrogen and oxygen atoms in total. The maximum atomic E-state index is 12.3. The zero-order valence-electron chi connectivity index (χ0n) is 14.1. The summed E-state index contributed by atoms with van der Waals surface area (Å²) in [7, 11) is -3.40. The molecule has 130 valence electrons. The minimum absolute atomic E-state index is 0.312. The van der Waals surface area contributed by atoms with E-state index in [1.54, 1.807) is 20.0 Å². The summed E-state index contributed by atoms with van der Waals surface area (Å²) in [6, 6.07) is 4.55. The molecule has 0 spiro atoms. The Balaban J connectivity index is 1.91. The Bertz CT molecular complexity index is 490. The van der Waals surface area contributed by atoms with E-state index in [9.17, 15) is 4.57 Å². The zero-order valence-corrected chi connectivity index (χ0v) is 15.0. The van der Waals surface area contributed by atoms with Crippen LogP contribution in [0.15, 0.2) is 24.5 Å². The molecule has 2 atom stereocenters. The van der Waals surface area contributed by atoms with Gasteiger partial charge >= 0.3 is 7.82 Å². The number of pyridine rings is 1. The summed E-state index contributed by atoms with van der Waals surface area (Å²) < 4.78 is 28.1. The largest absolute Gasteiger partial charge is 0.474 e. The number of phosphoric acid groups is 1. The van der Waals surface area contributed by atoms with E-state index >= 15 is 0 Å². The number of nitrogens with one attached hydrogen (secondary N) is 1. The van der Waals surface area contributed by atoms with E-state index in [2.05, 4.69) is 11.1 Å². The van der Waals surface area contributed by atoms with E-state index in [0.717, 1.165) is 19.5 Å². The molecule has 0 saturated carbocycles. The van der Waals surface area contributed by atoms with Gasteiger partial charge in [0.2, 0.25) is 0 Å². The van der Waals surface area contributed by atoms with Crippen molar-refractivity contribution in [1.82, 2.24) is 4.98 Å². The number of hydrogen-bond donors (Lipinski definition) is 1. The minimum Gasteiger partial charge on any atom is -0.327 e. The van der Waals surface area contributed by atoms with Gasteiger partial charge in [0.15, 0.2) is 0 Å². The highest BCUT2D eigenvalue weighted by atomic mass is 31.2. The Kier molecular flexibility index (Phi) is 7.66. The van der Waals surface area contributed by atoms with Gasteiger partial charge in [-0.05, 0) is 32.8 Å². The van der Waals surface area contributed by atoms with E-state index in [1.165, 1.54) is 23.3 Å². The summed E-state index contributed by atoms with van der Waals surface area (Å²) in [6.45, 7) is 6.43. The molecule has 1 aromatic rings. The molecule has 2 heterocycles. The predicted octanol–water partition coefficient (Wildman–Crippen LogP) is 2.39. The van der Waals surface area contributed by atoms with Gasteiger partial charge in [0.1, 0.15) is 19.2 Å². The standard InChI is InChI=1S/C16H27N2O4P/c1-3-20-23(19,21-4-2)22-13-12-18-11-6-5-9-16(18)15-8-7-10-17-14-15/h7-8,10,14,16H,3-6,9,11-13H2,1-2H3/p+1/t16-/m0/s1. The van der Waals surface area contributed by atoms with Crippen molar-refractivity contribution in [3.8, 4) is 0 Å². The van der Waals surface area contributed by atoms with Gasteiger partial charge in [-0.3, -0.25) is 18.6 Å². The Morgan fingerprint density at radius 2 is 2.04 bits per heavy atom. The Morgan fingerprint density at radius 1 is 1.26 bits per heavy atom. The summed E-state index contributed by atoms with van der Waals surface area (Å²) in [5, 5.41) is 0. The molecule has 1 aliphatic rings. The van der Waals surface area contributed by atoms with Crippen LogP contribution < -0.4 is 4.90 Å². The van der Waals surface area contributed by atoms with E-state index in [1.807, 2.05) is 12.3 Å². The molecule has 23 heavy (non-hydrogen) atoms. The van der Waals surface area contributed by atoms with Crippen molar-refractivity contribution >= 4 is 7.82 Å². The van der Waals surface area contributed by atoms with Crippen LogP contribution in [0.1, 0.15) is 44.7 Å². The number of likely N-dealkylation sites (tertiary alicyclic amines) is 1. The summed E-state index contributed by atoms with van der Waals surface area (Å²) in [5.74, 6) is 0. The van der Waals surface area contributed by atoms with E-state index in [0.29, 0.717) is 25.9 Å². The first-order valence-electron chi connectivity index (χ1n) is 8.46. The molecule has 1 unspecified atom stereocenters. The number of hydrogen-bond acceptors (Lipinski definition) is 5. The van der Waals surface area contributed by atoms with Crippen LogP contribution in [0.3, 0.4) is 0 Å². The molecule has 2 rings (SSSR count). The normalized spacial score (nSPS) is 22.2. The van der Waals surface area contributed by atoms with Gasteiger partial charge in [0, 0.05) is 24.4 Å². The van der Waals surface area contributed by atoms with E-state index in [4.69, 9.17) is 13.6 Å². The number of piperidine rings is 1. The zero-order chi connectivity index (χ0) is 16.5. The van der Waals surface area contributed by atoms with Crippen LogP contribution in [-0.2, 0) is 18.1 Å². The summed E-state index contributed by atoms with van der Waals surface area (Å²) in [4.78, 5) is 5.68. The first kappa shape index (κ1) is 18.6. The van der Waals surface area contributed by atoms with Crippen LogP contribution in [-0.4, -0.2) is 37.9 Å². The molecule has 1 fully saturated rings. The highest BCUT2D eigenvalue weighted by Crippen LogP contribution is 2.48. The number of quaternary nitrogens is 1. The lowest BCUT2D eigenvalue weighted by Crippen LogP contribution is -3.13. The van der Waals surface area contributed by atoms with Crippen molar-refractivity contribution < 1.29 is 23.0 Å². The molecule has 1 aromatic heterocycles. The molecule has 0 bridgehead atoms. The van der Waals surface area contributed by atoms with Gasteiger partial charge in [-0.1, -0.05) is 6.07 Å². The van der Waals surface area contributed by atoms with E-state index < -0.39 is 7.82 Å². The summed E-state index contributed by atoms with van der Waals surface area (Å²) in [6.07, 6.45) is 7.34. The average Bonchev–Trinajstić information content (AvgIpc) is 2.56. The third kappa shape index (κ3) is 5.66. The van der Waals surface area contributed by atoms with Crippen LogP contribution in [0.4, 0.5) is 0 Å². The second-order valence-electron chi connectivity index (χ2n) is 5.61. The highest BCUT2D eigenvalue weighted by Gasteiger charge is 2.30. The topological polar surface area (TPSA) is 62.1 Å². The molecule has 1 N–H and O–H groups in total. The van der Waals surface area contributed by atoms with Crippen molar-refractivity contribution in [2.45, 2.75) is 39.2 Å². The van der Waals surface area contributed by atoms with Gasteiger partial charge in [-0.25, -0.2) is 4.57 Å². The number of nitrogens with zero attached hydrogens (tertiary/aromatic N) is 1. The fourth-order valence-corrected chi connectivity index (χ4v) is 4.25. The van der Waals surface area contributed by atoms with Crippen molar-refractivity contribution in [2.24, 2.45) is 0 Å². The lowest BCUT2D eigenvalue weighted by atomic mass is 9.96. The predicted molar refractivity (Wildman–Crippen MR) is 88.3 cm³/mol. The number of phosphoric ester groups is 1. The SMILES string of the molecule is CCOP(=O)(OCC)OCC[NH+]1CCCC[C@H]1c1cccnc1. The van der Waals surface area contributed by atoms with Gasteiger partial charge < -0.3 is 4.90 Å². The third-order valence-corrected chi connectivity index (χ3v) is 5.71. The van der Waals surface area contributed by atoms with Crippen LogP contribution in [0.5, 0.6) is 0 Å². The molecule has 1 saturated heterocycles. The smallest absolute Gasteiger partial charge is 0.327 e. The monoisotopic (exact) mass is 343 g/mol. The average molecular weight is 343 g/mol. The Labute approximate surface area is 138 Å². The van der Waals surface area contributed by atoms with Crippen LogP contribution >= 0.6 is 7.82 Å². The second-order valence-corrected chi connectivity index (χ2v) is 7.28. The van der Waals surface area contributed by atoms with Gasteiger partial charge in [0.05, 0.1) is 19.8 Å². The quantitative estimate of drug-likeness (QED) is 0.698. The fourth-order valence-electron chi connectivity index (χ4n) is 3.08.